The van der Waals surface area contributed by atoms with Gasteiger partial charge in [0.25, 0.3) is 11.8 Å². The molecular formula is C30H27ClF3N7O3. The molecule has 4 aromatic rings. The molecule has 14 heteroatoms. The van der Waals surface area contributed by atoms with Crippen molar-refractivity contribution in [3.63, 3.8) is 0 Å². The number of piperidine rings is 1. The molecule has 1 aliphatic heterocycles. The zero-order chi connectivity index (χ0) is 31.8. The molecular weight excluding hydrogens is 599 g/mol. The number of aryl methyl sites for hydroxylation is 1. The summed E-state index contributed by atoms with van der Waals surface area (Å²) in [6.45, 7) is 4.10. The lowest BCUT2D eigenvalue weighted by Gasteiger charge is -2.33. The fraction of sp³-hybridized carbons (Fsp3) is 0.300. The number of carbonyl (C=O) groups excluding carboxylic acids is 2. The van der Waals surface area contributed by atoms with Crippen LogP contribution in [0.5, 0.6) is 0 Å². The van der Waals surface area contributed by atoms with Gasteiger partial charge in [-0.15, -0.1) is 0 Å². The number of aromatic nitrogens is 4. The number of carbonyl (C=O) groups is 2. The topological polar surface area (TPSA) is 139 Å². The maximum absolute atomic E-state index is 13.3. The average molecular weight is 626 g/mol. The number of halogens is 4. The van der Waals surface area contributed by atoms with Gasteiger partial charge in [-0.05, 0) is 68.5 Å². The maximum Gasteiger partial charge on any atom is 0.417 e. The number of alkyl halides is 3. The first kappa shape index (κ1) is 30.8. The van der Waals surface area contributed by atoms with Crippen molar-refractivity contribution in [2.75, 3.05) is 24.1 Å². The smallest absolute Gasteiger partial charge is 0.384 e. The maximum atomic E-state index is 13.3. The molecule has 2 aromatic heterocycles. The number of anilines is 2. The van der Waals surface area contributed by atoms with Crippen LogP contribution in [-0.4, -0.2) is 60.8 Å². The van der Waals surface area contributed by atoms with Gasteiger partial charge in [0.05, 0.1) is 22.0 Å². The van der Waals surface area contributed by atoms with Crippen molar-refractivity contribution < 1.29 is 27.9 Å². The molecule has 44 heavy (non-hydrogen) atoms. The summed E-state index contributed by atoms with van der Waals surface area (Å²) in [5.41, 5.74) is 7.27. The van der Waals surface area contributed by atoms with E-state index in [0.29, 0.717) is 53.6 Å². The third-order valence-electron chi connectivity index (χ3n) is 7.27. The van der Waals surface area contributed by atoms with Gasteiger partial charge in [-0.2, -0.15) is 18.3 Å². The Morgan fingerprint density at radius 3 is 2.68 bits per heavy atom. The van der Waals surface area contributed by atoms with Crippen molar-refractivity contribution in [2.24, 2.45) is 0 Å². The number of rotatable bonds is 4. The van der Waals surface area contributed by atoms with Crippen molar-refractivity contribution >= 4 is 46.0 Å². The Labute approximate surface area is 255 Å². The quantitative estimate of drug-likeness (QED) is 0.282. The molecule has 0 bridgehead atoms. The highest BCUT2D eigenvalue weighted by Gasteiger charge is 2.34. The summed E-state index contributed by atoms with van der Waals surface area (Å²) >= 11 is 5.68. The SMILES string of the molecule is Cc1ccc(NC(=O)c2ccc(Cl)c(C(F)(F)F)c2)cc1C#Cc1nn([C@@H]2CCCN(C(=O)[C@@H](C)O)C2)c2ncnc(N)c12. The Hall–Kier alpha value is -4.67. The number of fused-ring (bicyclic) bond motifs is 1. The first-order chi connectivity index (χ1) is 20.8. The van der Waals surface area contributed by atoms with Crippen LogP contribution in [0.4, 0.5) is 24.7 Å². The van der Waals surface area contributed by atoms with Gasteiger partial charge in [0.2, 0.25) is 0 Å². The highest BCUT2D eigenvalue weighted by Crippen LogP contribution is 2.35. The number of hydrogen-bond acceptors (Lipinski definition) is 7. The first-order valence-electron chi connectivity index (χ1n) is 13.6. The number of amides is 2. The lowest BCUT2D eigenvalue weighted by Crippen LogP contribution is -2.44. The van der Waals surface area contributed by atoms with E-state index in [0.717, 1.165) is 18.1 Å². The van der Waals surface area contributed by atoms with Crippen LogP contribution in [0.2, 0.25) is 5.02 Å². The van der Waals surface area contributed by atoms with Crippen LogP contribution < -0.4 is 11.1 Å². The number of nitrogen functional groups attached to an aromatic ring is 1. The van der Waals surface area contributed by atoms with Crippen LogP contribution >= 0.6 is 11.6 Å². The predicted octanol–water partition coefficient (Wildman–Crippen LogP) is 4.59. The van der Waals surface area contributed by atoms with Gasteiger partial charge in [-0.25, -0.2) is 14.6 Å². The van der Waals surface area contributed by atoms with E-state index in [4.69, 9.17) is 22.4 Å². The zero-order valence-corrected chi connectivity index (χ0v) is 24.4. The minimum Gasteiger partial charge on any atom is -0.384 e. The largest absolute Gasteiger partial charge is 0.417 e. The summed E-state index contributed by atoms with van der Waals surface area (Å²) in [6.07, 6.45) is -3.08. The highest BCUT2D eigenvalue weighted by atomic mass is 35.5. The van der Waals surface area contributed by atoms with Gasteiger partial charge in [-0.3, -0.25) is 9.59 Å². The van der Waals surface area contributed by atoms with Crippen molar-refractivity contribution in [1.82, 2.24) is 24.6 Å². The molecule has 0 saturated carbocycles. The normalized spacial score (nSPS) is 15.9. The van der Waals surface area contributed by atoms with E-state index in [1.54, 1.807) is 27.8 Å². The van der Waals surface area contributed by atoms with Crippen molar-refractivity contribution in [3.8, 4) is 11.8 Å². The third-order valence-corrected chi connectivity index (χ3v) is 7.60. The van der Waals surface area contributed by atoms with Crippen LogP contribution in [0.1, 0.15) is 58.5 Å². The van der Waals surface area contributed by atoms with Gasteiger partial charge < -0.3 is 21.1 Å². The molecule has 2 amide bonds. The highest BCUT2D eigenvalue weighted by molar-refractivity contribution is 6.31. The number of aliphatic hydroxyl groups is 1. The fourth-order valence-electron chi connectivity index (χ4n) is 5.00. The van der Waals surface area contributed by atoms with Crippen molar-refractivity contribution in [2.45, 2.75) is 45.0 Å². The van der Waals surface area contributed by atoms with Gasteiger partial charge in [0.15, 0.2) is 5.65 Å². The number of benzene rings is 2. The third kappa shape index (κ3) is 6.31. The molecule has 3 heterocycles. The summed E-state index contributed by atoms with van der Waals surface area (Å²) in [4.78, 5) is 35.3. The number of nitrogens with zero attached hydrogens (tertiary/aromatic N) is 5. The standard InChI is InChI=1S/C30H27ClF3N7O3/c1-16-5-8-20(38-28(43)19-6-9-23(31)22(13-19)30(32,33)34)12-18(16)7-10-24-25-26(35)36-15-37-27(25)41(39-24)21-4-3-11-40(14-21)29(44)17(2)42/h5-6,8-9,12-13,15,17,21,42H,3-4,11,14H2,1-2H3,(H,38,43)(H2,35,36,37)/t17-,21-/m1/s1. The van der Waals surface area contributed by atoms with Crippen LogP contribution in [0.25, 0.3) is 11.0 Å². The Balaban J connectivity index is 1.44. The monoisotopic (exact) mass is 625 g/mol. The summed E-state index contributed by atoms with van der Waals surface area (Å²) < 4.78 is 41.5. The van der Waals surface area contributed by atoms with E-state index in [9.17, 15) is 27.9 Å². The van der Waals surface area contributed by atoms with E-state index in [-0.39, 0.29) is 23.3 Å². The van der Waals surface area contributed by atoms with E-state index in [1.807, 2.05) is 6.92 Å². The first-order valence-corrected chi connectivity index (χ1v) is 14.0. The second kappa shape index (κ2) is 12.1. The number of nitrogens with two attached hydrogens (primary N) is 1. The number of nitrogens with one attached hydrogen (secondary N) is 1. The van der Waals surface area contributed by atoms with Gasteiger partial charge in [0, 0.05) is 29.9 Å². The molecule has 1 fully saturated rings. The second-order valence-corrected chi connectivity index (χ2v) is 10.8. The molecule has 10 nitrogen and oxygen atoms in total. The van der Waals surface area contributed by atoms with Crippen LogP contribution in [0.15, 0.2) is 42.7 Å². The summed E-state index contributed by atoms with van der Waals surface area (Å²) in [5.74, 6) is 5.14. The Morgan fingerprint density at radius 1 is 1.18 bits per heavy atom. The van der Waals surface area contributed by atoms with Crippen LogP contribution in [0, 0.1) is 18.8 Å². The van der Waals surface area contributed by atoms with E-state index in [2.05, 4.69) is 27.1 Å². The molecule has 1 saturated heterocycles. The van der Waals surface area contributed by atoms with Crippen molar-refractivity contribution in [1.29, 1.82) is 0 Å². The summed E-state index contributed by atoms with van der Waals surface area (Å²) in [6, 6.07) is 7.63. The molecule has 0 unspecified atom stereocenters. The number of hydrogen-bond donors (Lipinski definition) is 3. The zero-order valence-electron chi connectivity index (χ0n) is 23.6. The Morgan fingerprint density at radius 2 is 1.95 bits per heavy atom. The number of aliphatic hydroxyl groups excluding tert-OH is 1. The molecule has 0 spiro atoms. The minimum atomic E-state index is -4.71. The van der Waals surface area contributed by atoms with E-state index in [1.165, 1.54) is 19.3 Å². The minimum absolute atomic E-state index is 0.178. The number of likely N-dealkylation sites (tertiary alicyclic amines) is 1. The molecule has 1 aliphatic rings. The molecule has 2 atom stereocenters. The molecule has 0 radical (unpaired) electrons. The second-order valence-electron chi connectivity index (χ2n) is 10.4. The predicted molar refractivity (Wildman–Crippen MR) is 158 cm³/mol. The Bertz CT molecular complexity index is 1830. The van der Waals surface area contributed by atoms with Gasteiger partial charge in [0.1, 0.15) is 23.9 Å². The fourth-order valence-corrected chi connectivity index (χ4v) is 5.23. The van der Waals surface area contributed by atoms with Crippen LogP contribution in [-0.2, 0) is 11.0 Å². The lowest BCUT2D eigenvalue weighted by molar-refractivity contribution is -0.141. The molecule has 228 valence electrons. The lowest BCUT2D eigenvalue weighted by atomic mass is 10.1. The van der Waals surface area contributed by atoms with Gasteiger partial charge >= 0.3 is 6.18 Å². The summed E-state index contributed by atoms with van der Waals surface area (Å²) in [5, 5.41) is 17.0. The molecule has 5 rings (SSSR count). The molecule has 4 N–H and O–H groups in total. The molecule has 0 aliphatic carbocycles. The summed E-state index contributed by atoms with van der Waals surface area (Å²) in [7, 11) is 0. The average Bonchev–Trinajstić information content (AvgIpc) is 3.36. The van der Waals surface area contributed by atoms with E-state index < -0.39 is 28.8 Å². The Kier molecular flexibility index (Phi) is 8.49. The van der Waals surface area contributed by atoms with Crippen molar-refractivity contribution in [3.05, 3.63) is 75.7 Å². The molecule has 2 aromatic carbocycles. The van der Waals surface area contributed by atoms with Gasteiger partial charge in [-0.1, -0.05) is 23.6 Å². The van der Waals surface area contributed by atoms with E-state index >= 15 is 0 Å². The van der Waals surface area contributed by atoms with Crippen LogP contribution in [0.3, 0.4) is 0 Å².